The Hall–Kier alpha value is -0.140. The summed E-state index contributed by atoms with van der Waals surface area (Å²) < 4.78 is 2.77. The van der Waals surface area contributed by atoms with Crippen LogP contribution in [0.15, 0.2) is 6.20 Å². The van der Waals surface area contributed by atoms with Gasteiger partial charge in [0.2, 0.25) is 0 Å². The number of hydrogen-bond donors (Lipinski definition) is 2. The molecule has 0 aliphatic heterocycles. The van der Waals surface area contributed by atoms with Crippen molar-refractivity contribution in [2.45, 2.75) is 6.54 Å². The number of hydrazine groups is 1. The Balaban J connectivity index is 2.81. The highest BCUT2D eigenvalue weighted by atomic mass is 127. The summed E-state index contributed by atoms with van der Waals surface area (Å²) in [7, 11) is 1.89. The maximum atomic E-state index is 5.15. The van der Waals surface area contributed by atoms with Crippen molar-refractivity contribution >= 4 is 22.6 Å². The predicted octanol–water partition coefficient (Wildman–Crippen LogP) is -0.0120. The van der Waals surface area contributed by atoms with Crippen LogP contribution < -0.4 is 11.3 Å². The van der Waals surface area contributed by atoms with E-state index in [0.29, 0.717) is 6.54 Å². The normalized spacial score (nSPS) is 10.3. The van der Waals surface area contributed by atoms with Crippen molar-refractivity contribution in [2.24, 2.45) is 12.9 Å². The second-order valence-corrected chi connectivity index (χ2v) is 3.02. The summed E-state index contributed by atoms with van der Waals surface area (Å²) in [6, 6.07) is 0. The smallest absolute Gasteiger partial charge is 0.127 e. The number of halogens is 1. The molecule has 0 unspecified atom stereocenters. The summed E-state index contributed by atoms with van der Waals surface area (Å²) in [5, 5.41) is 4.14. The summed E-state index contributed by atoms with van der Waals surface area (Å²) >= 11 is 2.18. The minimum absolute atomic E-state index is 0.673. The maximum Gasteiger partial charge on any atom is 0.127 e. The van der Waals surface area contributed by atoms with Gasteiger partial charge in [0.15, 0.2) is 0 Å². The summed E-state index contributed by atoms with van der Waals surface area (Å²) in [4.78, 5) is 0. The van der Waals surface area contributed by atoms with Gasteiger partial charge in [-0.3, -0.25) is 16.0 Å². The molecule has 1 heterocycles. The van der Waals surface area contributed by atoms with E-state index in [4.69, 9.17) is 5.84 Å². The molecular formula is C5H9IN4. The number of rotatable bonds is 2. The zero-order valence-corrected chi connectivity index (χ0v) is 7.79. The first-order chi connectivity index (χ1) is 4.74. The number of nitrogens with zero attached hydrogens (tertiary/aromatic N) is 2. The summed E-state index contributed by atoms with van der Waals surface area (Å²) in [6.07, 6.45) is 1.95. The van der Waals surface area contributed by atoms with Crippen molar-refractivity contribution in [2.75, 3.05) is 0 Å². The average Bonchev–Trinajstić information content (AvgIpc) is 2.13. The van der Waals surface area contributed by atoms with Gasteiger partial charge < -0.3 is 0 Å². The molecule has 5 heteroatoms. The number of nitrogens with one attached hydrogen (secondary N) is 1. The lowest BCUT2D eigenvalue weighted by molar-refractivity contribution is 0.736. The Morgan fingerprint density at radius 3 is 3.00 bits per heavy atom. The maximum absolute atomic E-state index is 5.15. The molecule has 56 valence electrons. The number of aromatic nitrogens is 2. The Labute approximate surface area is 72.9 Å². The van der Waals surface area contributed by atoms with Crippen molar-refractivity contribution in [3.05, 3.63) is 15.5 Å². The molecule has 0 saturated carbocycles. The van der Waals surface area contributed by atoms with Crippen molar-refractivity contribution < 1.29 is 0 Å². The van der Waals surface area contributed by atoms with Crippen molar-refractivity contribution in [3.63, 3.8) is 0 Å². The van der Waals surface area contributed by atoms with Gasteiger partial charge in [0.05, 0.1) is 0 Å². The molecule has 0 radical (unpaired) electrons. The molecule has 10 heavy (non-hydrogen) atoms. The monoisotopic (exact) mass is 252 g/mol. The van der Waals surface area contributed by atoms with Gasteiger partial charge in [-0.15, -0.1) is 0 Å². The summed E-state index contributed by atoms with van der Waals surface area (Å²) in [5.74, 6) is 5.15. The van der Waals surface area contributed by atoms with E-state index in [0.717, 1.165) is 9.26 Å². The van der Waals surface area contributed by atoms with E-state index >= 15 is 0 Å². The molecule has 0 amide bonds. The van der Waals surface area contributed by atoms with Crippen LogP contribution >= 0.6 is 22.6 Å². The third-order valence-corrected chi connectivity index (χ3v) is 2.05. The molecule has 1 rings (SSSR count). The number of nitrogens with two attached hydrogens (primary N) is 1. The van der Waals surface area contributed by atoms with Gasteiger partial charge in [0.1, 0.15) is 3.70 Å². The van der Waals surface area contributed by atoms with Crippen LogP contribution in [0.2, 0.25) is 0 Å². The fourth-order valence-electron chi connectivity index (χ4n) is 0.739. The third-order valence-electron chi connectivity index (χ3n) is 1.15. The minimum atomic E-state index is 0.673. The van der Waals surface area contributed by atoms with Gasteiger partial charge >= 0.3 is 0 Å². The van der Waals surface area contributed by atoms with Crippen molar-refractivity contribution in [3.8, 4) is 0 Å². The van der Waals surface area contributed by atoms with Gasteiger partial charge in [-0.1, -0.05) is 0 Å². The molecular weight excluding hydrogens is 243 g/mol. The molecule has 4 nitrogen and oxygen atoms in total. The van der Waals surface area contributed by atoms with E-state index < -0.39 is 0 Å². The van der Waals surface area contributed by atoms with Crippen LogP contribution in [0.1, 0.15) is 5.56 Å². The molecule has 0 bridgehead atoms. The topological polar surface area (TPSA) is 55.9 Å². The SMILES string of the molecule is Cn1cc(CNN)c(I)n1. The molecule has 0 aliphatic carbocycles. The zero-order chi connectivity index (χ0) is 7.56. The largest absolute Gasteiger partial charge is 0.274 e. The predicted molar refractivity (Wildman–Crippen MR) is 47.0 cm³/mol. The van der Waals surface area contributed by atoms with Crippen LogP contribution in [0.4, 0.5) is 0 Å². The standard InChI is InChI=1S/C5H9IN4/c1-10-3-4(2-8-7)5(6)9-10/h3,8H,2,7H2,1H3. The van der Waals surface area contributed by atoms with E-state index in [-0.39, 0.29) is 0 Å². The van der Waals surface area contributed by atoms with E-state index in [1.54, 1.807) is 4.68 Å². The van der Waals surface area contributed by atoms with E-state index in [1.807, 2.05) is 13.2 Å². The second-order valence-electron chi connectivity index (χ2n) is 2.00. The molecule has 1 aromatic heterocycles. The highest BCUT2D eigenvalue weighted by Gasteiger charge is 2.01. The van der Waals surface area contributed by atoms with Crippen molar-refractivity contribution in [1.29, 1.82) is 0 Å². The quantitative estimate of drug-likeness (QED) is 0.442. The van der Waals surface area contributed by atoms with Gasteiger partial charge in [-0.2, -0.15) is 5.10 Å². The van der Waals surface area contributed by atoms with Crippen LogP contribution in [0.3, 0.4) is 0 Å². The third kappa shape index (κ3) is 1.68. The van der Waals surface area contributed by atoms with E-state index in [2.05, 4.69) is 33.1 Å². The van der Waals surface area contributed by atoms with Gasteiger partial charge in [0.25, 0.3) is 0 Å². The Bertz CT molecular complexity index is 219. The molecule has 1 aromatic rings. The van der Waals surface area contributed by atoms with Gasteiger partial charge in [-0.25, -0.2) is 0 Å². The van der Waals surface area contributed by atoms with E-state index in [1.165, 1.54) is 0 Å². The molecule has 0 aromatic carbocycles. The molecule has 3 N–H and O–H groups in total. The highest BCUT2D eigenvalue weighted by Crippen LogP contribution is 2.07. The molecule has 0 atom stereocenters. The second kappa shape index (κ2) is 3.31. The lowest BCUT2D eigenvalue weighted by Gasteiger charge is -1.92. The van der Waals surface area contributed by atoms with E-state index in [9.17, 15) is 0 Å². The summed E-state index contributed by atoms with van der Waals surface area (Å²) in [6.45, 7) is 0.673. The molecule has 0 aliphatic rings. The molecule has 0 saturated heterocycles. The highest BCUT2D eigenvalue weighted by molar-refractivity contribution is 14.1. The molecule has 0 fully saturated rings. The van der Waals surface area contributed by atoms with Crippen LogP contribution in [0.5, 0.6) is 0 Å². The Morgan fingerprint density at radius 2 is 2.60 bits per heavy atom. The lowest BCUT2D eigenvalue weighted by atomic mass is 10.4. The minimum Gasteiger partial charge on any atom is -0.274 e. The van der Waals surface area contributed by atoms with Crippen LogP contribution in [0.25, 0.3) is 0 Å². The van der Waals surface area contributed by atoms with Gasteiger partial charge in [0, 0.05) is 25.4 Å². The first-order valence-electron chi connectivity index (χ1n) is 2.85. The Kier molecular flexibility index (Phi) is 2.64. The summed E-state index contributed by atoms with van der Waals surface area (Å²) in [5.41, 5.74) is 3.71. The van der Waals surface area contributed by atoms with Crippen LogP contribution in [-0.2, 0) is 13.6 Å². The van der Waals surface area contributed by atoms with Gasteiger partial charge in [-0.05, 0) is 22.6 Å². The number of aryl methyl sites for hydroxylation is 1. The lowest BCUT2D eigenvalue weighted by Crippen LogP contribution is -2.20. The van der Waals surface area contributed by atoms with Crippen molar-refractivity contribution in [1.82, 2.24) is 15.2 Å². The number of hydrogen-bond acceptors (Lipinski definition) is 3. The first-order valence-corrected chi connectivity index (χ1v) is 3.93. The van der Waals surface area contributed by atoms with Crippen LogP contribution in [-0.4, -0.2) is 9.78 Å². The fourth-order valence-corrected chi connectivity index (χ4v) is 1.41. The van der Waals surface area contributed by atoms with Crippen LogP contribution in [0, 0.1) is 3.70 Å². The fraction of sp³-hybridized carbons (Fsp3) is 0.400. The molecule has 0 spiro atoms. The zero-order valence-electron chi connectivity index (χ0n) is 5.63. The average molecular weight is 252 g/mol. The first kappa shape index (κ1) is 7.96. The Morgan fingerprint density at radius 1 is 1.90 bits per heavy atom.